The molecular formula is C11H12BrClN2OS. The van der Waals surface area contributed by atoms with Gasteiger partial charge in [-0.05, 0) is 35.0 Å². The normalized spacial score (nSPS) is 13.0. The van der Waals surface area contributed by atoms with E-state index in [1.807, 2.05) is 19.1 Å². The zero-order valence-corrected chi connectivity index (χ0v) is 12.6. The van der Waals surface area contributed by atoms with Crippen LogP contribution in [0.4, 0.5) is 0 Å². The van der Waals surface area contributed by atoms with Crippen LogP contribution >= 0.6 is 38.9 Å². The maximum Gasteiger partial charge on any atom is 0.132 e. The summed E-state index contributed by atoms with van der Waals surface area (Å²) in [6, 6.07) is 3.97. The quantitative estimate of drug-likeness (QED) is 0.932. The Morgan fingerprint density at radius 2 is 2.29 bits per heavy atom. The molecule has 0 aliphatic carbocycles. The molecule has 1 atom stereocenters. The van der Waals surface area contributed by atoms with Crippen LogP contribution in [0.25, 0.3) is 0 Å². The monoisotopic (exact) mass is 334 g/mol. The summed E-state index contributed by atoms with van der Waals surface area (Å²) >= 11 is 11.1. The standard InChI is InChI=1S/C11H12BrClN2OS/c1-6-10(11(13)15(2)14-6)8(16)5-7-3-4-9(12)17-7/h3-4,8,16H,5H2,1-2H3. The highest BCUT2D eigenvalue weighted by Gasteiger charge is 2.20. The second-order valence-corrected chi connectivity index (χ2v) is 6.74. The highest BCUT2D eigenvalue weighted by atomic mass is 79.9. The van der Waals surface area contributed by atoms with Gasteiger partial charge in [-0.15, -0.1) is 11.3 Å². The van der Waals surface area contributed by atoms with Crippen LogP contribution in [0.5, 0.6) is 0 Å². The Hall–Kier alpha value is -0.360. The Bertz CT molecular complexity index is 538. The minimum atomic E-state index is -0.609. The van der Waals surface area contributed by atoms with E-state index < -0.39 is 6.10 Å². The summed E-state index contributed by atoms with van der Waals surface area (Å²) in [6.45, 7) is 1.86. The van der Waals surface area contributed by atoms with Gasteiger partial charge in [0.15, 0.2) is 0 Å². The van der Waals surface area contributed by atoms with Crippen LogP contribution in [-0.2, 0) is 13.5 Å². The zero-order chi connectivity index (χ0) is 12.6. The molecule has 2 heterocycles. The molecule has 1 N–H and O–H groups in total. The molecule has 3 nitrogen and oxygen atoms in total. The molecule has 0 aromatic carbocycles. The van der Waals surface area contributed by atoms with Crippen molar-refractivity contribution in [3.63, 3.8) is 0 Å². The number of halogens is 2. The molecule has 6 heteroatoms. The highest BCUT2D eigenvalue weighted by molar-refractivity contribution is 9.11. The van der Waals surface area contributed by atoms with E-state index in [4.69, 9.17) is 11.6 Å². The third-order valence-corrected chi connectivity index (χ3v) is 4.65. The number of hydrogen-bond donors (Lipinski definition) is 1. The van der Waals surface area contributed by atoms with E-state index >= 15 is 0 Å². The summed E-state index contributed by atoms with van der Waals surface area (Å²) < 4.78 is 2.65. The largest absolute Gasteiger partial charge is 0.388 e. The molecule has 0 amide bonds. The van der Waals surface area contributed by atoms with E-state index in [2.05, 4.69) is 21.0 Å². The van der Waals surface area contributed by atoms with Crippen LogP contribution in [0.1, 0.15) is 22.2 Å². The van der Waals surface area contributed by atoms with Crippen LogP contribution in [0.3, 0.4) is 0 Å². The maximum absolute atomic E-state index is 10.2. The van der Waals surface area contributed by atoms with Crippen molar-refractivity contribution in [2.75, 3.05) is 0 Å². The molecule has 2 rings (SSSR count). The summed E-state index contributed by atoms with van der Waals surface area (Å²) in [5, 5.41) is 14.9. The average molecular weight is 336 g/mol. The summed E-state index contributed by atoms with van der Waals surface area (Å²) in [5.41, 5.74) is 1.50. The molecule has 0 saturated heterocycles. The molecule has 0 aliphatic heterocycles. The first kappa shape index (κ1) is 13.1. The molecule has 0 saturated carbocycles. The lowest BCUT2D eigenvalue weighted by Gasteiger charge is -2.09. The SMILES string of the molecule is Cc1nn(C)c(Cl)c1C(O)Cc1ccc(Br)s1. The van der Waals surface area contributed by atoms with Gasteiger partial charge >= 0.3 is 0 Å². The summed E-state index contributed by atoms with van der Waals surface area (Å²) in [5.74, 6) is 0. The lowest BCUT2D eigenvalue weighted by Crippen LogP contribution is -2.02. The number of aliphatic hydroxyl groups is 1. The minimum absolute atomic E-state index is 0.505. The molecule has 0 radical (unpaired) electrons. The van der Waals surface area contributed by atoms with Gasteiger partial charge in [0.1, 0.15) is 5.15 Å². The van der Waals surface area contributed by atoms with Crippen molar-refractivity contribution in [1.82, 2.24) is 9.78 Å². The van der Waals surface area contributed by atoms with Crippen LogP contribution < -0.4 is 0 Å². The van der Waals surface area contributed by atoms with Crippen molar-refractivity contribution in [3.05, 3.63) is 37.2 Å². The van der Waals surface area contributed by atoms with Crippen LogP contribution in [-0.4, -0.2) is 14.9 Å². The van der Waals surface area contributed by atoms with Gasteiger partial charge in [-0.2, -0.15) is 5.10 Å². The fraction of sp³-hybridized carbons (Fsp3) is 0.364. The second-order valence-electron chi connectivity index (χ2n) is 3.84. The number of nitrogens with zero attached hydrogens (tertiary/aromatic N) is 2. The van der Waals surface area contributed by atoms with E-state index in [-0.39, 0.29) is 0 Å². The van der Waals surface area contributed by atoms with Crippen LogP contribution in [0.2, 0.25) is 5.15 Å². The van der Waals surface area contributed by atoms with E-state index in [0.717, 1.165) is 19.9 Å². The third-order valence-electron chi connectivity index (χ3n) is 2.55. The van der Waals surface area contributed by atoms with E-state index in [1.165, 1.54) is 0 Å². The molecule has 2 aromatic rings. The molecule has 2 aromatic heterocycles. The topological polar surface area (TPSA) is 38.0 Å². The first-order chi connectivity index (χ1) is 7.99. The number of thiophene rings is 1. The first-order valence-corrected chi connectivity index (χ1v) is 7.09. The van der Waals surface area contributed by atoms with Gasteiger partial charge in [-0.1, -0.05) is 11.6 Å². The van der Waals surface area contributed by atoms with E-state index in [0.29, 0.717) is 11.6 Å². The second kappa shape index (κ2) is 5.10. The average Bonchev–Trinajstić information content (AvgIpc) is 2.73. The van der Waals surface area contributed by atoms with Crippen molar-refractivity contribution in [1.29, 1.82) is 0 Å². The Labute approximate surface area is 117 Å². The number of rotatable bonds is 3. The minimum Gasteiger partial charge on any atom is -0.388 e. The number of aliphatic hydroxyl groups excluding tert-OH is 1. The smallest absolute Gasteiger partial charge is 0.132 e. The van der Waals surface area contributed by atoms with Gasteiger partial charge in [-0.3, -0.25) is 4.68 Å². The summed E-state index contributed by atoms with van der Waals surface area (Å²) in [4.78, 5) is 1.11. The molecule has 0 bridgehead atoms. The van der Waals surface area contributed by atoms with Crippen LogP contribution in [0, 0.1) is 6.92 Å². The van der Waals surface area contributed by atoms with Crippen molar-refractivity contribution in [2.45, 2.75) is 19.4 Å². The molecule has 17 heavy (non-hydrogen) atoms. The van der Waals surface area contributed by atoms with E-state index in [1.54, 1.807) is 23.1 Å². The van der Waals surface area contributed by atoms with Crippen molar-refractivity contribution in [3.8, 4) is 0 Å². The lowest BCUT2D eigenvalue weighted by atomic mass is 10.1. The fourth-order valence-electron chi connectivity index (χ4n) is 1.78. The van der Waals surface area contributed by atoms with Gasteiger partial charge < -0.3 is 5.11 Å². The Balaban J connectivity index is 2.22. The molecule has 92 valence electrons. The number of hydrogen-bond acceptors (Lipinski definition) is 3. The fourth-order valence-corrected chi connectivity index (χ4v) is 3.60. The van der Waals surface area contributed by atoms with Gasteiger partial charge in [0, 0.05) is 23.9 Å². The predicted molar refractivity (Wildman–Crippen MR) is 73.6 cm³/mol. The number of aryl methyl sites for hydroxylation is 2. The highest BCUT2D eigenvalue weighted by Crippen LogP contribution is 2.31. The van der Waals surface area contributed by atoms with Gasteiger partial charge in [0.25, 0.3) is 0 Å². The maximum atomic E-state index is 10.2. The molecule has 1 unspecified atom stereocenters. The number of aromatic nitrogens is 2. The predicted octanol–water partition coefficient (Wildman–Crippen LogP) is 3.48. The summed E-state index contributed by atoms with van der Waals surface area (Å²) in [7, 11) is 1.77. The zero-order valence-electron chi connectivity index (χ0n) is 9.44. The summed E-state index contributed by atoms with van der Waals surface area (Å²) in [6.07, 6.45) is -0.0514. The van der Waals surface area contributed by atoms with Crippen LogP contribution in [0.15, 0.2) is 15.9 Å². The van der Waals surface area contributed by atoms with Gasteiger partial charge in [0.2, 0.25) is 0 Å². The van der Waals surface area contributed by atoms with Gasteiger partial charge in [0.05, 0.1) is 15.6 Å². The Kier molecular flexibility index (Phi) is 3.92. The third kappa shape index (κ3) is 2.73. The van der Waals surface area contributed by atoms with Gasteiger partial charge in [-0.25, -0.2) is 0 Å². The van der Waals surface area contributed by atoms with E-state index in [9.17, 15) is 5.11 Å². The molecular weight excluding hydrogens is 324 g/mol. The molecule has 0 aliphatic rings. The van der Waals surface area contributed by atoms with Crippen molar-refractivity contribution < 1.29 is 5.11 Å². The Morgan fingerprint density at radius 3 is 2.76 bits per heavy atom. The molecule has 0 fully saturated rings. The molecule has 0 spiro atoms. The Morgan fingerprint density at radius 1 is 1.59 bits per heavy atom. The van der Waals surface area contributed by atoms with Crippen molar-refractivity contribution in [2.24, 2.45) is 7.05 Å². The van der Waals surface area contributed by atoms with Crippen molar-refractivity contribution >= 4 is 38.9 Å². The first-order valence-electron chi connectivity index (χ1n) is 5.10. The lowest BCUT2D eigenvalue weighted by molar-refractivity contribution is 0.179.